The summed E-state index contributed by atoms with van der Waals surface area (Å²) in [6.07, 6.45) is 1.81. The van der Waals surface area contributed by atoms with Gasteiger partial charge in [0.15, 0.2) is 5.78 Å². The first-order valence-electron chi connectivity index (χ1n) is 4.96. The molecule has 0 spiro atoms. The molecule has 0 bridgehead atoms. The first kappa shape index (κ1) is 11.5. The van der Waals surface area contributed by atoms with Crippen molar-refractivity contribution >= 4 is 23.3 Å². The molecule has 4 heteroatoms. The van der Waals surface area contributed by atoms with Crippen LogP contribution in [0.5, 0.6) is 0 Å². The molecule has 1 fully saturated rings. The van der Waals surface area contributed by atoms with Gasteiger partial charge < -0.3 is 4.90 Å². The van der Waals surface area contributed by atoms with Gasteiger partial charge in [0, 0.05) is 6.54 Å². The van der Waals surface area contributed by atoms with Gasteiger partial charge in [-0.15, -0.1) is 11.6 Å². The molecule has 2 atom stereocenters. The van der Waals surface area contributed by atoms with Crippen LogP contribution < -0.4 is 0 Å². The number of hydrogen-bond acceptors (Lipinski definition) is 2. The van der Waals surface area contributed by atoms with Crippen LogP contribution in [0, 0.1) is 5.92 Å². The van der Waals surface area contributed by atoms with E-state index in [-0.39, 0.29) is 23.6 Å². The van der Waals surface area contributed by atoms with Crippen molar-refractivity contribution in [3.05, 3.63) is 0 Å². The van der Waals surface area contributed by atoms with Gasteiger partial charge in [-0.3, -0.25) is 9.59 Å². The molecule has 0 aliphatic carbocycles. The molecule has 0 aromatic heterocycles. The molecule has 0 aromatic rings. The van der Waals surface area contributed by atoms with Crippen LogP contribution in [-0.4, -0.2) is 35.1 Å². The average molecular weight is 218 g/mol. The number of carbonyl (C=O) groups excluding carboxylic acids is 2. The van der Waals surface area contributed by atoms with E-state index in [1.807, 2.05) is 0 Å². The third-order valence-electron chi connectivity index (χ3n) is 2.87. The van der Waals surface area contributed by atoms with Crippen LogP contribution in [0.15, 0.2) is 0 Å². The Balaban J connectivity index is 2.71. The lowest BCUT2D eigenvalue weighted by Gasteiger charge is -2.21. The number of alkyl halides is 1. The zero-order valence-electron chi connectivity index (χ0n) is 8.62. The Hall–Kier alpha value is -0.570. The molecule has 3 nitrogen and oxygen atoms in total. The molecule has 0 saturated carbocycles. The van der Waals surface area contributed by atoms with Crippen molar-refractivity contribution < 1.29 is 9.59 Å². The Morgan fingerprint density at radius 2 is 2.14 bits per heavy atom. The summed E-state index contributed by atoms with van der Waals surface area (Å²) >= 11 is 5.49. The maximum Gasteiger partial charge on any atom is 0.238 e. The van der Waals surface area contributed by atoms with Crippen molar-refractivity contribution in [2.75, 3.05) is 12.4 Å². The summed E-state index contributed by atoms with van der Waals surface area (Å²) in [4.78, 5) is 24.4. The Morgan fingerprint density at radius 1 is 1.50 bits per heavy atom. The summed E-state index contributed by atoms with van der Waals surface area (Å²) < 4.78 is 0. The van der Waals surface area contributed by atoms with Gasteiger partial charge in [-0.05, 0) is 19.3 Å². The lowest BCUT2D eigenvalue weighted by Crippen LogP contribution is -2.40. The van der Waals surface area contributed by atoms with Gasteiger partial charge in [0.05, 0.1) is 6.04 Å². The number of likely N-dealkylation sites (tertiary alicyclic amines) is 1. The average Bonchev–Trinajstić information content (AvgIpc) is 2.60. The van der Waals surface area contributed by atoms with Crippen molar-refractivity contribution in [1.82, 2.24) is 4.90 Å². The Kier molecular flexibility index (Phi) is 3.93. The normalized spacial score (nSPS) is 26.6. The van der Waals surface area contributed by atoms with Gasteiger partial charge in [-0.25, -0.2) is 0 Å². The molecule has 2 unspecified atom stereocenters. The fraction of sp³-hybridized carbons (Fsp3) is 0.800. The number of halogens is 1. The summed E-state index contributed by atoms with van der Waals surface area (Å²) in [7, 11) is 0. The number of nitrogens with zero attached hydrogens (tertiary/aromatic N) is 1. The van der Waals surface area contributed by atoms with Crippen LogP contribution in [0.4, 0.5) is 0 Å². The van der Waals surface area contributed by atoms with Gasteiger partial charge in [0.25, 0.3) is 0 Å². The summed E-state index contributed by atoms with van der Waals surface area (Å²) in [6.45, 7) is 4.31. The van der Waals surface area contributed by atoms with E-state index in [1.165, 1.54) is 6.92 Å². The summed E-state index contributed by atoms with van der Waals surface area (Å²) in [5, 5.41) is 0. The summed E-state index contributed by atoms with van der Waals surface area (Å²) in [5.74, 6) is 0.374. The molecule has 0 aromatic carbocycles. The van der Waals surface area contributed by atoms with Gasteiger partial charge >= 0.3 is 0 Å². The van der Waals surface area contributed by atoms with E-state index >= 15 is 0 Å². The second kappa shape index (κ2) is 4.78. The predicted octanol–water partition coefficient (Wildman–Crippen LogP) is 1.44. The second-order valence-corrected chi connectivity index (χ2v) is 4.08. The van der Waals surface area contributed by atoms with Gasteiger partial charge in [-0.2, -0.15) is 0 Å². The standard InChI is InChI=1S/C10H16ClNO2/c1-3-8-4-9(7(2)13)12(6-8)10(14)5-11/h8-9H,3-6H2,1-2H3. The fourth-order valence-electron chi connectivity index (χ4n) is 1.96. The molecule has 1 aliphatic heterocycles. The van der Waals surface area contributed by atoms with Crippen LogP contribution in [-0.2, 0) is 9.59 Å². The largest absolute Gasteiger partial charge is 0.331 e. The number of rotatable bonds is 3. The quantitative estimate of drug-likeness (QED) is 0.671. The topological polar surface area (TPSA) is 37.4 Å². The van der Waals surface area contributed by atoms with Crippen LogP contribution in [0.25, 0.3) is 0 Å². The van der Waals surface area contributed by atoms with Crippen molar-refractivity contribution in [2.45, 2.75) is 32.7 Å². The van der Waals surface area contributed by atoms with Crippen LogP contribution in [0.1, 0.15) is 26.7 Å². The molecule has 0 radical (unpaired) electrons. The van der Waals surface area contributed by atoms with E-state index in [9.17, 15) is 9.59 Å². The lowest BCUT2D eigenvalue weighted by molar-refractivity contribution is -0.134. The zero-order chi connectivity index (χ0) is 10.7. The van der Waals surface area contributed by atoms with Crippen molar-refractivity contribution in [3.63, 3.8) is 0 Å². The van der Waals surface area contributed by atoms with E-state index in [4.69, 9.17) is 11.6 Å². The second-order valence-electron chi connectivity index (χ2n) is 3.82. The molecular formula is C10H16ClNO2. The molecule has 1 saturated heterocycles. The van der Waals surface area contributed by atoms with Crippen LogP contribution >= 0.6 is 11.6 Å². The third-order valence-corrected chi connectivity index (χ3v) is 3.10. The van der Waals surface area contributed by atoms with E-state index < -0.39 is 0 Å². The lowest BCUT2D eigenvalue weighted by atomic mass is 10.0. The van der Waals surface area contributed by atoms with Crippen LogP contribution in [0.3, 0.4) is 0 Å². The Labute approximate surface area is 89.4 Å². The van der Waals surface area contributed by atoms with Gasteiger partial charge in [0.1, 0.15) is 5.88 Å². The van der Waals surface area contributed by atoms with Crippen LogP contribution in [0.2, 0.25) is 0 Å². The summed E-state index contributed by atoms with van der Waals surface area (Å²) in [5.41, 5.74) is 0. The molecule has 14 heavy (non-hydrogen) atoms. The van der Waals surface area contributed by atoms with E-state index in [0.29, 0.717) is 12.5 Å². The highest BCUT2D eigenvalue weighted by molar-refractivity contribution is 6.27. The number of Topliss-reactive ketones (excluding diaryl/α,β-unsaturated/α-hetero) is 1. The third kappa shape index (κ3) is 2.27. The van der Waals surface area contributed by atoms with Crippen molar-refractivity contribution in [1.29, 1.82) is 0 Å². The maximum absolute atomic E-state index is 11.4. The van der Waals surface area contributed by atoms with Crippen molar-refractivity contribution in [2.24, 2.45) is 5.92 Å². The number of ketones is 1. The number of carbonyl (C=O) groups is 2. The van der Waals surface area contributed by atoms with E-state index in [0.717, 1.165) is 12.8 Å². The minimum absolute atomic E-state index is 0.0276. The fourth-order valence-corrected chi connectivity index (χ4v) is 2.11. The maximum atomic E-state index is 11.4. The van der Waals surface area contributed by atoms with E-state index in [1.54, 1.807) is 4.90 Å². The first-order chi connectivity index (χ1) is 6.60. The first-order valence-corrected chi connectivity index (χ1v) is 5.49. The number of amides is 1. The van der Waals surface area contributed by atoms with E-state index in [2.05, 4.69) is 6.92 Å². The monoisotopic (exact) mass is 217 g/mol. The van der Waals surface area contributed by atoms with Gasteiger partial charge in [0.2, 0.25) is 5.91 Å². The minimum Gasteiger partial charge on any atom is -0.331 e. The summed E-state index contributed by atoms with van der Waals surface area (Å²) in [6, 6.07) is -0.230. The highest BCUT2D eigenvalue weighted by Gasteiger charge is 2.36. The smallest absolute Gasteiger partial charge is 0.238 e. The molecule has 1 heterocycles. The molecule has 1 aliphatic rings. The molecule has 80 valence electrons. The highest BCUT2D eigenvalue weighted by Crippen LogP contribution is 2.26. The SMILES string of the molecule is CCC1CC(C(C)=O)N(C(=O)CCl)C1. The molecule has 1 amide bonds. The van der Waals surface area contributed by atoms with Gasteiger partial charge in [-0.1, -0.05) is 13.3 Å². The Bertz CT molecular complexity index is 242. The number of hydrogen-bond donors (Lipinski definition) is 0. The molecule has 0 N–H and O–H groups in total. The Morgan fingerprint density at radius 3 is 2.57 bits per heavy atom. The highest BCUT2D eigenvalue weighted by atomic mass is 35.5. The predicted molar refractivity (Wildman–Crippen MR) is 55.3 cm³/mol. The molecule has 1 rings (SSSR count). The van der Waals surface area contributed by atoms with Crippen molar-refractivity contribution in [3.8, 4) is 0 Å². The zero-order valence-corrected chi connectivity index (χ0v) is 9.38. The molecular weight excluding hydrogens is 202 g/mol. The minimum atomic E-state index is -0.230.